The summed E-state index contributed by atoms with van der Waals surface area (Å²) in [6.45, 7) is 5.59. The Morgan fingerprint density at radius 2 is 1.79 bits per heavy atom. The lowest BCUT2D eigenvalue weighted by atomic mass is 10.1. The molecule has 29 heavy (non-hydrogen) atoms. The van der Waals surface area contributed by atoms with Crippen molar-refractivity contribution in [3.8, 4) is 45.6 Å². The van der Waals surface area contributed by atoms with E-state index in [-0.39, 0.29) is 5.76 Å². The minimum Gasteiger partial charge on any atom is -0.501 e. The molecule has 4 aromatic rings. The lowest BCUT2D eigenvalue weighted by molar-refractivity contribution is 0.415. The maximum atomic E-state index is 12.1. The van der Waals surface area contributed by atoms with Crippen molar-refractivity contribution >= 4 is 0 Å². The van der Waals surface area contributed by atoms with Gasteiger partial charge in [0.25, 0.3) is 0 Å². The summed E-state index contributed by atoms with van der Waals surface area (Å²) >= 11 is 0. The third-order valence-electron chi connectivity index (χ3n) is 4.74. The molecule has 0 aliphatic heterocycles. The van der Waals surface area contributed by atoms with E-state index in [0.717, 1.165) is 22.5 Å². The Kier molecular flexibility index (Phi) is 4.50. The fraction of sp³-hybridized carbons (Fsp3) is 0.182. The van der Waals surface area contributed by atoms with Crippen molar-refractivity contribution in [2.75, 3.05) is 7.11 Å². The van der Waals surface area contributed by atoms with E-state index in [1.807, 2.05) is 44.2 Å². The average molecular weight is 391 g/mol. The molecule has 0 unspecified atom stereocenters. The molecule has 0 radical (unpaired) electrons. The monoisotopic (exact) mass is 391 g/mol. The first-order valence-electron chi connectivity index (χ1n) is 9.12. The zero-order valence-corrected chi connectivity index (χ0v) is 16.6. The van der Waals surface area contributed by atoms with Crippen molar-refractivity contribution in [1.82, 2.24) is 15.0 Å². The number of aromatic nitrogens is 3. The van der Waals surface area contributed by atoms with E-state index < -0.39 is 11.2 Å². The Balaban J connectivity index is 1.98. The summed E-state index contributed by atoms with van der Waals surface area (Å²) in [6, 6.07) is 10.6. The van der Waals surface area contributed by atoms with Gasteiger partial charge < -0.3 is 24.2 Å². The van der Waals surface area contributed by atoms with Crippen LogP contribution >= 0.6 is 0 Å². The molecule has 4 rings (SSSR count). The topological polar surface area (TPSA) is 104 Å². The fourth-order valence-corrected chi connectivity index (χ4v) is 3.37. The van der Waals surface area contributed by atoms with Gasteiger partial charge >= 0.3 is 0 Å². The van der Waals surface area contributed by atoms with Crippen molar-refractivity contribution in [1.29, 1.82) is 0 Å². The van der Waals surface area contributed by atoms with E-state index in [2.05, 4.69) is 9.97 Å². The molecule has 1 aromatic carbocycles. The Morgan fingerprint density at radius 1 is 1.07 bits per heavy atom. The highest BCUT2D eigenvalue weighted by Crippen LogP contribution is 2.37. The highest BCUT2D eigenvalue weighted by molar-refractivity contribution is 5.81. The number of methoxy groups -OCH3 is 1. The summed E-state index contributed by atoms with van der Waals surface area (Å²) in [5.41, 5.74) is 4.14. The molecule has 0 bridgehead atoms. The van der Waals surface area contributed by atoms with Crippen LogP contribution in [0.5, 0.6) is 11.5 Å². The highest BCUT2D eigenvalue weighted by Gasteiger charge is 2.22. The normalized spacial score (nSPS) is 11.0. The largest absolute Gasteiger partial charge is 0.501 e. The Morgan fingerprint density at radius 3 is 2.41 bits per heavy atom. The second kappa shape index (κ2) is 7.01. The first-order valence-corrected chi connectivity index (χ1v) is 9.12. The van der Waals surface area contributed by atoms with Gasteiger partial charge in [0, 0.05) is 28.6 Å². The van der Waals surface area contributed by atoms with E-state index in [1.165, 1.54) is 6.07 Å². The first kappa shape index (κ1) is 18.6. The average Bonchev–Trinajstić information content (AvgIpc) is 3.27. The molecule has 3 aromatic heterocycles. The number of rotatable bonds is 4. The number of imidazole rings is 1. The second-order valence-corrected chi connectivity index (χ2v) is 6.93. The number of hydrogen-bond donors (Lipinski definition) is 3. The van der Waals surface area contributed by atoms with Crippen LogP contribution in [0.2, 0.25) is 0 Å². The molecule has 0 spiro atoms. The molecule has 7 heteroatoms. The summed E-state index contributed by atoms with van der Waals surface area (Å²) < 4.78 is 10.9. The van der Waals surface area contributed by atoms with Gasteiger partial charge in [-0.1, -0.05) is 0 Å². The zero-order valence-electron chi connectivity index (χ0n) is 16.6. The molecule has 0 atom stereocenters. The summed E-state index contributed by atoms with van der Waals surface area (Å²) in [6.07, 6.45) is 0. The minimum atomic E-state index is -0.505. The standard InChI is InChI=1S/C22H21N3O4/c1-11-9-16(13(3)23-11)22-24-18(14-5-7-15(28-4)8-6-14)19(25-22)21-20(27)17(26)10-12(2)29-21/h5-10,23,27H,1-4H3,(H,24,25). The number of aryl methyl sites for hydroxylation is 3. The van der Waals surface area contributed by atoms with Gasteiger partial charge in [-0.25, -0.2) is 4.98 Å². The van der Waals surface area contributed by atoms with Gasteiger partial charge in [-0.3, -0.25) is 4.79 Å². The molecular weight excluding hydrogens is 370 g/mol. The van der Waals surface area contributed by atoms with Crippen molar-refractivity contribution in [2.45, 2.75) is 20.8 Å². The quantitative estimate of drug-likeness (QED) is 0.480. The van der Waals surface area contributed by atoms with Gasteiger partial charge in [-0.05, 0) is 51.1 Å². The molecule has 3 N–H and O–H groups in total. The van der Waals surface area contributed by atoms with E-state index in [9.17, 15) is 9.90 Å². The lowest BCUT2D eigenvalue weighted by Crippen LogP contribution is -2.01. The van der Waals surface area contributed by atoms with Crippen molar-refractivity contribution < 1.29 is 14.3 Å². The number of ether oxygens (including phenoxy) is 1. The number of H-pyrrole nitrogens is 2. The third kappa shape index (κ3) is 3.31. The van der Waals surface area contributed by atoms with Crippen LogP contribution in [0, 0.1) is 20.8 Å². The van der Waals surface area contributed by atoms with Gasteiger partial charge in [0.15, 0.2) is 5.76 Å². The Labute approximate surface area is 167 Å². The summed E-state index contributed by atoms with van der Waals surface area (Å²) in [5.74, 6) is 1.32. The molecular formula is C22H21N3O4. The van der Waals surface area contributed by atoms with E-state index in [1.54, 1.807) is 14.0 Å². The molecule has 7 nitrogen and oxygen atoms in total. The number of nitrogens with one attached hydrogen (secondary N) is 2. The maximum absolute atomic E-state index is 12.1. The Hall–Kier alpha value is -3.74. The molecule has 0 fully saturated rings. The highest BCUT2D eigenvalue weighted by atomic mass is 16.5. The molecule has 0 aliphatic carbocycles. The Bertz CT molecular complexity index is 1250. The van der Waals surface area contributed by atoms with Crippen LogP contribution in [0.25, 0.3) is 34.1 Å². The van der Waals surface area contributed by atoms with E-state index >= 15 is 0 Å². The van der Waals surface area contributed by atoms with Crippen LogP contribution in [-0.4, -0.2) is 27.2 Å². The molecule has 0 amide bonds. The van der Waals surface area contributed by atoms with Crippen molar-refractivity contribution in [3.63, 3.8) is 0 Å². The third-order valence-corrected chi connectivity index (χ3v) is 4.74. The predicted molar refractivity (Wildman–Crippen MR) is 110 cm³/mol. The number of nitrogens with zero attached hydrogens (tertiary/aromatic N) is 1. The number of aromatic amines is 2. The van der Waals surface area contributed by atoms with E-state index in [4.69, 9.17) is 14.1 Å². The number of aromatic hydroxyl groups is 1. The molecule has 3 heterocycles. The smallest absolute Gasteiger partial charge is 0.227 e. The second-order valence-electron chi connectivity index (χ2n) is 6.93. The first-order chi connectivity index (χ1) is 13.9. The number of benzene rings is 1. The predicted octanol–water partition coefficient (Wildman–Crippen LogP) is 4.33. The summed E-state index contributed by atoms with van der Waals surface area (Å²) in [4.78, 5) is 23.4. The van der Waals surface area contributed by atoms with Gasteiger partial charge in [0.1, 0.15) is 28.7 Å². The minimum absolute atomic E-state index is 0.0597. The van der Waals surface area contributed by atoms with Crippen LogP contribution < -0.4 is 10.2 Å². The van der Waals surface area contributed by atoms with Crippen LogP contribution in [0.15, 0.2) is 45.6 Å². The van der Waals surface area contributed by atoms with Crippen LogP contribution in [0.1, 0.15) is 17.1 Å². The number of hydrogen-bond acceptors (Lipinski definition) is 5. The molecule has 148 valence electrons. The van der Waals surface area contributed by atoms with Crippen LogP contribution in [-0.2, 0) is 0 Å². The SMILES string of the molecule is COc1ccc(-c2nc(-c3cc(C)[nH]c3C)[nH]c2-c2oc(C)cc(=O)c2O)cc1. The van der Waals surface area contributed by atoms with Gasteiger partial charge in [-0.15, -0.1) is 0 Å². The van der Waals surface area contributed by atoms with Crippen molar-refractivity contribution in [2.24, 2.45) is 0 Å². The molecule has 0 saturated carbocycles. The summed E-state index contributed by atoms with van der Waals surface area (Å²) in [7, 11) is 1.60. The fourth-order valence-electron chi connectivity index (χ4n) is 3.37. The van der Waals surface area contributed by atoms with Gasteiger partial charge in [0.2, 0.25) is 11.2 Å². The molecule has 0 aliphatic rings. The molecule has 0 saturated heterocycles. The summed E-state index contributed by atoms with van der Waals surface area (Å²) in [5, 5.41) is 10.4. The van der Waals surface area contributed by atoms with Gasteiger partial charge in [0.05, 0.1) is 7.11 Å². The van der Waals surface area contributed by atoms with Crippen LogP contribution in [0.4, 0.5) is 0 Å². The van der Waals surface area contributed by atoms with Gasteiger partial charge in [-0.2, -0.15) is 0 Å². The van der Waals surface area contributed by atoms with Crippen molar-refractivity contribution in [3.05, 3.63) is 63.8 Å². The van der Waals surface area contributed by atoms with E-state index in [0.29, 0.717) is 28.7 Å². The maximum Gasteiger partial charge on any atom is 0.227 e. The lowest BCUT2D eigenvalue weighted by Gasteiger charge is -2.06. The zero-order chi connectivity index (χ0) is 20.7. The van der Waals surface area contributed by atoms with Crippen LogP contribution in [0.3, 0.4) is 0 Å².